The molecule has 1 fully saturated rings. The van der Waals surface area contributed by atoms with Crippen molar-refractivity contribution in [3.63, 3.8) is 0 Å². The Morgan fingerprint density at radius 1 is 1.19 bits per heavy atom. The molecule has 1 aromatic carbocycles. The largest absolute Gasteiger partial charge is 0.342 e. The SMILES string of the molecule is Cc1cc(Cl)cc(Cl)c1S(=O)(=O)Nc1cscc1CC(=O)N1CCCCC1. The third-order valence-corrected chi connectivity index (χ3v) is 7.49. The van der Waals surface area contributed by atoms with Crippen molar-refractivity contribution in [3.05, 3.63) is 44.1 Å². The maximum atomic E-state index is 12.9. The lowest BCUT2D eigenvalue weighted by Gasteiger charge is -2.26. The quantitative estimate of drug-likeness (QED) is 0.722. The monoisotopic (exact) mass is 446 g/mol. The number of aryl methyl sites for hydroxylation is 1. The van der Waals surface area contributed by atoms with Gasteiger partial charge in [-0.3, -0.25) is 9.52 Å². The molecule has 1 saturated heterocycles. The molecule has 0 bridgehead atoms. The minimum atomic E-state index is -3.90. The molecular formula is C18H20Cl2N2O3S2. The third kappa shape index (κ3) is 4.77. The predicted molar refractivity (Wildman–Crippen MR) is 110 cm³/mol. The van der Waals surface area contributed by atoms with E-state index in [1.165, 1.54) is 17.4 Å². The van der Waals surface area contributed by atoms with E-state index in [-0.39, 0.29) is 22.2 Å². The second kappa shape index (κ2) is 8.39. The second-order valence-electron chi connectivity index (χ2n) is 6.57. The summed E-state index contributed by atoms with van der Waals surface area (Å²) < 4.78 is 28.3. The summed E-state index contributed by atoms with van der Waals surface area (Å²) in [4.78, 5) is 14.4. The van der Waals surface area contributed by atoms with Crippen LogP contribution in [-0.4, -0.2) is 32.3 Å². The van der Waals surface area contributed by atoms with Crippen LogP contribution in [0.1, 0.15) is 30.4 Å². The molecule has 0 aliphatic carbocycles. The van der Waals surface area contributed by atoms with Crippen LogP contribution in [-0.2, 0) is 21.2 Å². The third-order valence-electron chi connectivity index (χ3n) is 4.50. The van der Waals surface area contributed by atoms with Crippen LogP contribution < -0.4 is 4.72 Å². The highest BCUT2D eigenvalue weighted by Gasteiger charge is 2.24. The highest BCUT2D eigenvalue weighted by atomic mass is 35.5. The Morgan fingerprint density at radius 3 is 2.56 bits per heavy atom. The van der Waals surface area contributed by atoms with Crippen LogP contribution in [0.25, 0.3) is 0 Å². The number of amides is 1. The lowest BCUT2D eigenvalue weighted by molar-refractivity contribution is -0.131. The van der Waals surface area contributed by atoms with E-state index in [4.69, 9.17) is 23.2 Å². The summed E-state index contributed by atoms with van der Waals surface area (Å²) in [5.74, 6) is 0.0225. The first-order valence-corrected chi connectivity index (χ1v) is 11.8. The van der Waals surface area contributed by atoms with Crippen LogP contribution in [0.2, 0.25) is 10.0 Å². The van der Waals surface area contributed by atoms with Crippen LogP contribution in [0.15, 0.2) is 27.8 Å². The fourth-order valence-electron chi connectivity index (χ4n) is 3.19. The Bertz CT molecular complexity index is 928. The van der Waals surface area contributed by atoms with Crippen molar-refractivity contribution in [1.29, 1.82) is 0 Å². The lowest BCUT2D eigenvalue weighted by Crippen LogP contribution is -2.36. The summed E-state index contributed by atoms with van der Waals surface area (Å²) in [6, 6.07) is 2.95. The Labute approximate surface area is 173 Å². The first kappa shape index (κ1) is 20.5. The van der Waals surface area contributed by atoms with E-state index >= 15 is 0 Å². The number of likely N-dealkylation sites (tertiary alicyclic amines) is 1. The molecule has 1 aliphatic heterocycles. The standard InChI is InChI=1S/C18H20Cl2N2O3S2/c1-12-7-14(19)9-15(20)18(12)27(24,25)21-16-11-26-10-13(16)8-17(23)22-5-3-2-4-6-22/h7,9-11,21H,2-6,8H2,1H3. The van der Waals surface area contributed by atoms with Gasteiger partial charge in [-0.2, -0.15) is 0 Å². The molecular weight excluding hydrogens is 427 g/mol. The second-order valence-corrected chi connectivity index (χ2v) is 9.77. The number of nitrogens with one attached hydrogen (secondary N) is 1. The molecule has 2 heterocycles. The van der Waals surface area contributed by atoms with Crippen molar-refractivity contribution in [2.75, 3.05) is 17.8 Å². The Hall–Kier alpha value is -1.28. The van der Waals surface area contributed by atoms with Crippen molar-refractivity contribution < 1.29 is 13.2 Å². The van der Waals surface area contributed by atoms with Crippen LogP contribution in [0.4, 0.5) is 5.69 Å². The fraction of sp³-hybridized carbons (Fsp3) is 0.389. The van der Waals surface area contributed by atoms with Crippen LogP contribution in [0.3, 0.4) is 0 Å². The Balaban J connectivity index is 1.81. The minimum absolute atomic E-state index is 0.00641. The van der Waals surface area contributed by atoms with E-state index in [2.05, 4.69) is 4.72 Å². The number of hydrogen-bond donors (Lipinski definition) is 1. The molecule has 9 heteroatoms. The molecule has 0 atom stereocenters. The molecule has 2 aromatic rings. The number of carbonyl (C=O) groups excluding carboxylic acids is 1. The molecule has 3 rings (SSSR count). The highest BCUT2D eigenvalue weighted by molar-refractivity contribution is 7.93. The normalized spacial score (nSPS) is 15.0. The summed E-state index contributed by atoms with van der Waals surface area (Å²) in [5.41, 5.74) is 1.54. The maximum Gasteiger partial charge on any atom is 0.263 e. The Morgan fingerprint density at radius 2 is 1.89 bits per heavy atom. The number of thiophene rings is 1. The van der Waals surface area contributed by atoms with E-state index in [0.29, 0.717) is 21.8 Å². The number of hydrogen-bond acceptors (Lipinski definition) is 4. The van der Waals surface area contributed by atoms with Gasteiger partial charge >= 0.3 is 0 Å². The van der Waals surface area contributed by atoms with Crippen LogP contribution >= 0.6 is 34.5 Å². The van der Waals surface area contributed by atoms with E-state index in [0.717, 1.165) is 32.4 Å². The molecule has 0 spiro atoms. The van der Waals surface area contributed by atoms with Gasteiger partial charge < -0.3 is 4.90 Å². The molecule has 5 nitrogen and oxygen atoms in total. The number of anilines is 1. The zero-order chi connectivity index (χ0) is 19.6. The summed E-state index contributed by atoms with van der Waals surface area (Å²) in [5, 5.41) is 3.93. The lowest BCUT2D eigenvalue weighted by atomic mass is 10.1. The van der Waals surface area contributed by atoms with Crippen molar-refractivity contribution >= 4 is 56.2 Å². The van der Waals surface area contributed by atoms with E-state index < -0.39 is 10.0 Å². The molecule has 0 unspecified atom stereocenters. The molecule has 27 heavy (non-hydrogen) atoms. The number of sulfonamides is 1. The van der Waals surface area contributed by atoms with Gasteiger partial charge in [0.25, 0.3) is 10.0 Å². The molecule has 146 valence electrons. The zero-order valence-corrected chi connectivity index (χ0v) is 17.9. The summed E-state index contributed by atoms with van der Waals surface area (Å²) in [6.45, 7) is 3.17. The summed E-state index contributed by atoms with van der Waals surface area (Å²) in [7, 11) is -3.90. The van der Waals surface area contributed by atoms with E-state index in [1.807, 2.05) is 4.90 Å². The smallest absolute Gasteiger partial charge is 0.263 e. The first-order chi connectivity index (χ1) is 12.8. The van der Waals surface area contributed by atoms with Crippen molar-refractivity contribution in [2.24, 2.45) is 0 Å². The van der Waals surface area contributed by atoms with Gasteiger partial charge in [0.05, 0.1) is 17.1 Å². The van der Waals surface area contributed by atoms with Gasteiger partial charge in [-0.25, -0.2) is 8.42 Å². The predicted octanol–water partition coefficient (Wildman–Crippen LogP) is 4.72. The van der Waals surface area contributed by atoms with E-state index in [9.17, 15) is 13.2 Å². The molecule has 1 aliphatic rings. The summed E-state index contributed by atoms with van der Waals surface area (Å²) in [6.07, 6.45) is 3.36. The topological polar surface area (TPSA) is 66.5 Å². The van der Waals surface area contributed by atoms with Gasteiger partial charge in [-0.05, 0) is 54.8 Å². The van der Waals surface area contributed by atoms with Crippen LogP contribution in [0, 0.1) is 6.92 Å². The van der Waals surface area contributed by atoms with Gasteiger partial charge in [0.1, 0.15) is 4.90 Å². The van der Waals surface area contributed by atoms with Gasteiger partial charge in [0.15, 0.2) is 0 Å². The van der Waals surface area contributed by atoms with E-state index in [1.54, 1.807) is 23.8 Å². The Kier molecular flexibility index (Phi) is 6.35. The van der Waals surface area contributed by atoms with Gasteiger partial charge in [0.2, 0.25) is 5.91 Å². The number of halogens is 2. The number of rotatable bonds is 5. The van der Waals surface area contributed by atoms with Crippen molar-refractivity contribution in [2.45, 2.75) is 37.5 Å². The van der Waals surface area contributed by atoms with Crippen molar-refractivity contribution in [3.8, 4) is 0 Å². The van der Waals surface area contributed by atoms with Gasteiger partial charge in [-0.15, -0.1) is 11.3 Å². The van der Waals surface area contributed by atoms with Crippen LogP contribution in [0.5, 0.6) is 0 Å². The number of piperidine rings is 1. The molecule has 1 amide bonds. The van der Waals surface area contributed by atoms with Crippen molar-refractivity contribution in [1.82, 2.24) is 4.90 Å². The zero-order valence-electron chi connectivity index (χ0n) is 14.8. The number of nitrogens with zero attached hydrogens (tertiary/aromatic N) is 1. The molecule has 1 aromatic heterocycles. The highest BCUT2D eigenvalue weighted by Crippen LogP contribution is 2.32. The van der Waals surface area contributed by atoms with Gasteiger partial charge in [-0.1, -0.05) is 23.2 Å². The average Bonchev–Trinajstić information content (AvgIpc) is 3.00. The number of carbonyl (C=O) groups is 1. The molecule has 0 radical (unpaired) electrons. The number of benzene rings is 1. The van der Waals surface area contributed by atoms with Gasteiger partial charge in [0, 0.05) is 23.5 Å². The fourth-order valence-corrected chi connectivity index (χ4v) is 6.34. The average molecular weight is 447 g/mol. The minimum Gasteiger partial charge on any atom is -0.342 e. The maximum absolute atomic E-state index is 12.9. The molecule has 1 N–H and O–H groups in total. The summed E-state index contributed by atoms with van der Waals surface area (Å²) >= 11 is 13.4. The molecule has 0 saturated carbocycles. The first-order valence-electron chi connectivity index (χ1n) is 8.59.